The maximum Gasteiger partial charge on any atom is 0.259 e. The summed E-state index contributed by atoms with van der Waals surface area (Å²) >= 11 is 0. The number of aliphatic hydroxyl groups excluding tert-OH is 1. The van der Waals surface area contributed by atoms with Crippen LogP contribution >= 0.6 is 0 Å². The van der Waals surface area contributed by atoms with Crippen LogP contribution in [0.2, 0.25) is 0 Å². The Morgan fingerprint density at radius 3 is 2.94 bits per heavy atom. The average molecular weight is 245 g/mol. The number of hydrogen-bond donors (Lipinski definition) is 2. The molecular formula is C9H15N3O3S. The molecule has 1 aliphatic rings. The molecule has 1 saturated heterocycles. The lowest BCUT2D eigenvalue weighted by Crippen LogP contribution is -2.30. The summed E-state index contributed by atoms with van der Waals surface area (Å²) < 4.78 is 25.5. The Kier molecular flexibility index (Phi) is 3.00. The van der Waals surface area contributed by atoms with E-state index in [1.807, 2.05) is 0 Å². The van der Waals surface area contributed by atoms with Crippen molar-refractivity contribution in [2.75, 3.05) is 13.1 Å². The first kappa shape index (κ1) is 11.6. The van der Waals surface area contributed by atoms with E-state index in [1.54, 1.807) is 6.92 Å². The van der Waals surface area contributed by atoms with E-state index in [0.29, 0.717) is 19.5 Å². The maximum absolute atomic E-state index is 12.0. The van der Waals surface area contributed by atoms with Crippen LogP contribution in [0.3, 0.4) is 0 Å². The molecule has 2 heterocycles. The number of hydrogen-bond acceptors (Lipinski definition) is 4. The highest BCUT2D eigenvalue weighted by atomic mass is 32.2. The smallest absolute Gasteiger partial charge is 0.259 e. The molecule has 2 rings (SSSR count). The normalized spacial score (nSPS) is 24.8. The van der Waals surface area contributed by atoms with Gasteiger partial charge in [-0.2, -0.15) is 9.40 Å². The van der Waals surface area contributed by atoms with Crippen molar-refractivity contribution in [3.63, 3.8) is 0 Å². The van der Waals surface area contributed by atoms with E-state index >= 15 is 0 Å². The second-order valence-corrected chi connectivity index (χ2v) is 5.98. The molecule has 16 heavy (non-hydrogen) atoms. The fourth-order valence-electron chi connectivity index (χ4n) is 1.89. The molecule has 0 saturated carbocycles. The summed E-state index contributed by atoms with van der Waals surface area (Å²) in [7, 11) is -3.46. The van der Waals surface area contributed by atoms with Crippen LogP contribution < -0.4 is 0 Å². The van der Waals surface area contributed by atoms with E-state index in [4.69, 9.17) is 0 Å². The van der Waals surface area contributed by atoms with E-state index in [-0.39, 0.29) is 10.9 Å². The molecule has 0 aromatic carbocycles. The van der Waals surface area contributed by atoms with E-state index in [2.05, 4.69) is 10.2 Å². The Bertz CT molecular complexity index is 441. The Morgan fingerprint density at radius 1 is 1.69 bits per heavy atom. The molecule has 2 unspecified atom stereocenters. The topological polar surface area (TPSA) is 86.3 Å². The second kappa shape index (κ2) is 4.15. The van der Waals surface area contributed by atoms with Crippen molar-refractivity contribution < 1.29 is 13.5 Å². The van der Waals surface area contributed by atoms with Crippen LogP contribution in [0.4, 0.5) is 0 Å². The van der Waals surface area contributed by atoms with Gasteiger partial charge in [-0.05, 0) is 25.3 Å². The van der Waals surface area contributed by atoms with Crippen LogP contribution in [0, 0.1) is 5.92 Å². The minimum Gasteiger partial charge on any atom is -0.393 e. The number of aromatic nitrogens is 2. The predicted octanol–water partition coefficient (Wildman–Crippen LogP) is -0.199. The molecule has 1 aromatic rings. The van der Waals surface area contributed by atoms with Gasteiger partial charge in [-0.1, -0.05) is 0 Å². The summed E-state index contributed by atoms with van der Waals surface area (Å²) in [6.45, 7) is 2.52. The third-order valence-corrected chi connectivity index (χ3v) is 4.76. The monoisotopic (exact) mass is 245 g/mol. The van der Waals surface area contributed by atoms with E-state index in [1.165, 1.54) is 16.6 Å². The Hall–Kier alpha value is -0.920. The van der Waals surface area contributed by atoms with Crippen LogP contribution in [-0.4, -0.2) is 47.2 Å². The van der Waals surface area contributed by atoms with Crippen molar-refractivity contribution in [1.29, 1.82) is 0 Å². The van der Waals surface area contributed by atoms with Gasteiger partial charge < -0.3 is 5.11 Å². The highest BCUT2D eigenvalue weighted by molar-refractivity contribution is 7.89. The minimum atomic E-state index is -3.46. The van der Waals surface area contributed by atoms with Crippen LogP contribution in [0.15, 0.2) is 17.3 Å². The SMILES string of the molecule is CC(O)C1CCN(S(=O)(=O)c2ccn[nH]2)C1. The summed E-state index contributed by atoms with van der Waals surface area (Å²) in [5.41, 5.74) is 0. The molecule has 1 aliphatic heterocycles. The molecule has 0 amide bonds. The summed E-state index contributed by atoms with van der Waals surface area (Å²) in [5, 5.41) is 15.6. The minimum absolute atomic E-state index is 0.0256. The lowest BCUT2D eigenvalue weighted by Gasteiger charge is -2.16. The fraction of sp³-hybridized carbons (Fsp3) is 0.667. The molecule has 90 valence electrons. The lowest BCUT2D eigenvalue weighted by molar-refractivity contribution is 0.133. The largest absolute Gasteiger partial charge is 0.393 e. The molecule has 2 atom stereocenters. The molecule has 0 radical (unpaired) electrons. The number of aliphatic hydroxyl groups is 1. The van der Waals surface area contributed by atoms with Crippen molar-refractivity contribution in [2.24, 2.45) is 5.92 Å². The lowest BCUT2D eigenvalue weighted by atomic mass is 10.0. The number of nitrogens with one attached hydrogen (secondary N) is 1. The molecule has 6 nitrogen and oxygen atoms in total. The second-order valence-electron chi connectivity index (χ2n) is 4.07. The summed E-state index contributed by atoms with van der Waals surface area (Å²) in [6, 6.07) is 1.44. The van der Waals surface area contributed by atoms with Crippen molar-refractivity contribution in [3.8, 4) is 0 Å². The van der Waals surface area contributed by atoms with Gasteiger partial charge in [-0.15, -0.1) is 0 Å². The van der Waals surface area contributed by atoms with Gasteiger partial charge in [-0.25, -0.2) is 8.42 Å². The highest BCUT2D eigenvalue weighted by Crippen LogP contribution is 2.24. The van der Waals surface area contributed by atoms with Crippen molar-refractivity contribution in [3.05, 3.63) is 12.3 Å². The quantitative estimate of drug-likeness (QED) is 0.772. The van der Waals surface area contributed by atoms with Crippen molar-refractivity contribution in [1.82, 2.24) is 14.5 Å². The van der Waals surface area contributed by atoms with Crippen molar-refractivity contribution in [2.45, 2.75) is 24.5 Å². The third kappa shape index (κ3) is 1.98. The van der Waals surface area contributed by atoms with E-state index in [9.17, 15) is 13.5 Å². The Balaban J connectivity index is 2.16. The molecule has 0 aliphatic carbocycles. The zero-order valence-electron chi connectivity index (χ0n) is 9.00. The average Bonchev–Trinajstić information content (AvgIpc) is 2.90. The molecule has 2 N–H and O–H groups in total. The molecular weight excluding hydrogens is 230 g/mol. The first-order valence-corrected chi connectivity index (χ1v) is 6.63. The summed E-state index contributed by atoms with van der Waals surface area (Å²) in [5.74, 6) is 0.0256. The van der Waals surface area contributed by atoms with Gasteiger partial charge in [0.1, 0.15) is 0 Å². The van der Waals surface area contributed by atoms with E-state index < -0.39 is 16.1 Å². The molecule has 1 fully saturated rings. The summed E-state index contributed by atoms with van der Waals surface area (Å²) in [6.07, 6.45) is 1.64. The number of H-pyrrole nitrogens is 1. The van der Waals surface area contributed by atoms with Crippen LogP contribution in [0.5, 0.6) is 0 Å². The highest BCUT2D eigenvalue weighted by Gasteiger charge is 2.34. The fourth-order valence-corrected chi connectivity index (χ4v) is 3.30. The predicted molar refractivity (Wildman–Crippen MR) is 57.1 cm³/mol. The zero-order valence-corrected chi connectivity index (χ0v) is 9.81. The molecule has 0 spiro atoms. The number of rotatable bonds is 3. The van der Waals surface area contributed by atoms with E-state index in [0.717, 1.165) is 0 Å². The molecule has 0 bridgehead atoms. The van der Waals surface area contributed by atoms with Crippen LogP contribution in [0.1, 0.15) is 13.3 Å². The Morgan fingerprint density at radius 2 is 2.44 bits per heavy atom. The third-order valence-electron chi connectivity index (χ3n) is 2.96. The number of aromatic amines is 1. The standard InChI is InChI=1S/C9H15N3O3S/c1-7(13)8-3-5-12(6-8)16(14,15)9-2-4-10-11-9/h2,4,7-8,13H,3,5-6H2,1H3,(H,10,11). The van der Waals surface area contributed by atoms with Gasteiger partial charge in [0, 0.05) is 13.1 Å². The Labute approximate surface area is 94.3 Å². The van der Waals surface area contributed by atoms with Crippen LogP contribution in [0.25, 0.3) is 0 Å². The van der Waals surface area contributed by atoms with Gasteiger partial charge in [0.05, 0.1) is 12.3 Å². The molecule has 7 heteroatoms. The van der Waals surface area contributed by atoms with Crippen molar-refractivity contribution >= 4 is 10.0 Å². The zero-order chi connectivity index (χ0) is 11.8. The van der Waals surface area contributed by atoms with Crippen LogP contribution in [-0.2, 0) is 10.0 Å². The van der Waals surface area contributed by atoms with Gasteiger partial charge in [0.2, 0.25) is 0 Å². The molecule has 1 aromatic heterocycles. The first-order valence-electron chi connectivity index (χ1n) is 5.19. The first-order chi connectivity index (χ1) is 7.51. The van der Waals surface area contributed by atoms with Gasteiger partial charge >= 0.3 is 0 Å². The number of sulfonamides is 1. The van der Waals surface area contributed by atoms with Gasteiger partial charge in [0.15, 0.2) is 5.03 Å². The van der Waals surface area contributed by atoms with Gasteiger partial charge in [-0.3, -0.25) is 5.10 Å². The number of nitrogens with zero attached hydrogens (tertiary/aromatic N) is 2. The summed E-state index contributed by atoms with van der Waals surface area (Å²) in [4.78, 5) is 0. The van der Waals surface area contributed by atoms with Gasteiger partial charge in [0.25, 0.3) is 10.0 Å². The maximum atomic E-state index is 12.0.